The lowest BCUT2D eigenvalue weighted by atomic mass is 9.79. The Kier molecular flexibility index (Phi) is 2.65. The lowest BCUT2D eigenvalue weighted by Gasteiger charge is -2.24. The van der Waals surface area contributed by atoms with E-state index in [2.05, 4.69) is 18.2 Å². The molecule has 3 unspecified atom stereocenters. The van der Waals surface area contributed by atoms with Crippen molar-refractivity contribution in [1.29, 1.82) is 5.26 Å². The lowest BCUT2D eigenvalue weighted by molar-refractivity contribution is 0.174. The van der Waals surface area contributed by atoms with Crippen LogP contribution in [0.1, 0.15) is 19.3 Å². The smallest absolute Gasteiger partial charge is 0.0659 e. The van der Waals surface area contributed by atoms with Crippen LogP contribution in [0.3, 0.4) is 0 Å². The summed E-state index contributed by atoms with van der Waals surface area (Å²) in [5, 5.41) is 8.84. The summed E-state index contributed by atoms with van der Waals surface area (Å²) in [5.41, 5.74) is 0. The molecule has 70 valence electrons. The topological polar surface area (TPSA) is 33.0 Å². The quantitative estimate of drug-likeness (QED) is 0.575. The molecular formula is C11H15NO. The second-order valence-electron chi connectivity index (χ2n) is 4.01. The number of nitrogens with zero attached hydrogens (tertiary/aromatic N) is 1. The Morgan fingerprint density at radius 2 is 2.38 bits per heavy atom. The first-order valence-corrected chi connectivity index (χ1v) is 5.04. The Bertz CT molecular complexity index is 235. The molecule has 1 fully saturated rings. The highest BCUT2D eigenvalue weighted by molar-refractivity contribution is 5.04. The van der Waals surface area contributed by atoms with E-state index in [1.165, 1.54) is 6.42 Å². The highest BCUT2D eigenvalue weighted by atomic mass is 16.5. The second kappa shape index (κ2) is 3.93. The summed E-state index contributed by atoms with van der Waals surface area (Å²) in [6, 6.07) is 2.37. The van der Waals surface area contributed by atoms with Gasteiger partial charge in [0.05, 0.1) is 18.6 Å². The number of ether oxygens (including phenoxy) is 1. The molecule has 1 aliphatic carbocycles. The van der Waals surface area contributed by atoms with E-state index >= 15 is 0 Å². The van der Waals surface area contributed by atoms with Gasteiger partial charge in [0.15, 0.2) is 0 Å². The van der Waals surface area contributed by atoms with Crippen molar-refractivity contribution < 1.29 is 4.74 Å². The van der Waals surface area contributed by atoms with Gasteiger partial charge in [-0.05, 0) is 31.1 Å². The van der Waals surface area contributed by atoms with E-state index in [1.807, 2.05) is 0 Å². The summed E-state index contributed by atoms with van der Waals surface area (Å²) >= 11 is 0. The van der Waals surface area contributed by atoms with Crippen molar-refractivity contribution >= 4 is 0 Å². The van der Waals surface area contributed by atoms with Crippen molar-refractivity contribution in [2.45, 2.75) is 19.3 Å². The van der Waals surface area contributed by atoms with Crippen LogP contribution in [0.25, 0.3) is 0 Å². The minimum absolute atomic E-state index is 0.246. The van der Waals surface area contributed by atoms with E-state index in [-0.39, 0.29) is 5.92 Å². The van der Waals surface area contributed by atoms with Gasteiger partial charge in [-0.3, -0.25) is 0 Å². The SMILES string of the molecule is N#CC1CC=CC(C2CCOC2)C1. The molecule has 1 heterocycles. The van der Waals surface area contributed by atoms with Crippen LogP contribution >= 0.6 is 0 Å². The third-order valence-corrected chi connectivity index (χ3v) is 3.11. The zero-order valence-corrected chi connectivity index (χ0v) is 7.78. The van der Waals surface area contributed by atoms with E-state index in [0.717, 1.165) is 26.1 Å². The van der Waals surface area contributed by atoms with Crippen molar-refractivity contribution in [1.82, 2.24) is 0 Å². The summed E-state index contributed by atoms with van der Waals surface area (Å²) in [6.45, 7) is 1.80. The third-order valence-electron chi connectivity index (χ3n) is 3.11. The maximum absolute atomic E-state index is 8.84. The summed E-state index contributed by atoms with van der Waals surface area (Å²) < 4.78 is 5.36. The Morgan fingerprint density at radius 1 is 1.46 bits per heavy atom. The standard InChI is InChI=1S/C11H15NO/c12-7-9-2-1-3-10(6-9)11-4-5-13-8-11/h1,3,9-11H,2,4-6,8H2. The molecule has 0 aromatic rings. The molecule has 1 saturated heterocycles. The number of hydrogen-bond donors (Lipinski definition) is 0. The summed E-state index contributed by atoms with van der Waals surface area (Å²) in [4.78, 5) is 0. The van der Waals surface area contributed by atoms with Crippen molar-refractivity contribution in [3.63, 3.8) is 0 Å². The predicted molar refractivity (Wildman–Crippen MR) is 49.9 cm³/mol. The van der Waals surface area contributed by atoms with E-state index in [0.29, 0.717) is 11.8 Å². The molecule has 2 nitrogen and oxygen atoms in total. The van der Waals surface area contributed by atoms with Crippen LogP contribution in [0.2, 0.25) is 0 Å². The number of nitriles is 1. The van der Waals surface area contributed by atoms with Crippen LogP contribution < -0.4 is 0 Å². The molecule has 0 aromatic carbocycles. The highest BCUT2D eigenvalue weighted by Gasteiger charge is 2.27. The fraction of sp³-hybridized carbons (Fsp3) is 0.727. The van der Waals surface area contributed by atoms with Gasteiger partial charge in [-0.25, -0.2) is 0 Å². The highest BCUT2D eigenvalue weighted by Crippen LogP contribution is 2.32. The Balaban J connectivity index is 1.96. The molecule has 0 spiro atoms. The average Bonchev–Trinajstić information content (AvgIpc) is 2.71. The molecule has 2 heteroatoms. The molecule has 0 N–H and O–H groups in total. The van der Waals surface area contributed by atoms with Gasteiger partial charge < -0.3 is 4.74 Å². The van der Waals surface area contributed by atoms with Crippen LogP contribution in [-0.4, -0.2) is 13.2 Å². The first-order chi connectivity index (χ1) is 6.40. The fourth-order valence-electron chi connectivity index (χ4n) is 2.27. The maximum Gasteiger partial charge on any atom is 0.0659 e. The molecule has 2 rings (SSSR count). The minimum Gasteiger partial charge on any atom is -0.381 e. The van der Waals surface area contributed by atoms with Crippen molar-refractivity contribution in [2.24, 2.45) is 17.8 Å². The van der Waals surface area contributed by atoms with Gasteiger partial charge >= 0.3 is 0 Å². The van der Waals surface area contributed by atoms with E-state index < -0.39 is 0 Å². The minimum atomic E-state index is 0.246. The normalized spacial score (nSPS) is 38.8. The van der Waals surface area contributed by atoms with Gasteiger partial charge in [0.2, 0.25) is 0 Å². The van der Waals surface area contributed by atoms with Crippen molar-refractivity contribution in [2.75, 3.05) is 13.2 Å². The summed E-state index contributed by atoms with van der Waals surface area (Å²) in [5.74, 6) is 1.52. The lowest BCUT2D eigenvalue weighted by Crippen LogP contribution is -2.18. The Hall–Kier alpha value is -0.810. The van der Waals surface area contributed by atoms with Gasteiger partial charge in [-0.1, -0.05) is 12.2 Å². The molecule has 0 aromatic heterocycles. The summed E-state index contributed by atoms with van der Waals surface area (Å²) in [6.07, 6.45) is 7.61. The van der Waals surface area contributed by atoms with Crippen LogP contribution in [0.4, 0.5) is 0 Å². The second-order valence-corrected chi connectivity index (χ2v) is 4.01. The van der Waals surface area contributed by atoms with Gasteiger partial charge in [-0.2, -0.15) is 5.26 Å². The molecule has 3 atom stereocenters. The first-order valence-electron chi connectivity index (χ1n) is 5.04. The Morgan fingerprint density at radius 3 is 3.08 bits per heavy atom. The average molecular weight is 177 g/mol. The number of allylic oxidation sites excluding steroid dienone is 2. The van der Waals surface area contributed by atoms with Crippen molar-refractivity contribution in [3.8, 4) is 6.07 Å². The molecule has 0 radical (unpaired) electrons. The molecule has 2 aliphatic rings. The van der Waals surface area contributed by atoms with Crippen LogP contribution in [0.5, 0.6) is 0 Å². The molecule has 0 amide bonds. The fourth-order valence-corrected chi connectivity index (χ4v) is 2.27. The van der Waals surface area contributed by atoms with Gasteiger partial charge in [-0.15, -0.1) is 0 Å². The zero-order valence-electron chi connectivity index (χ0n) is 7.78. The molecule has 0 bridgehead atoms. The van der Waals surface area contributed by atoms with E-state index in [4.69, 9.17) is 10.00 Å². The molecule has 1 aliphatic heterocycles. The largest absolute Gasteiger partial charge is 0.381 e. The van der Waals surface area contributed by atoms with E-state index in [9.17, 15) is 0 Å². The predicted octanol–water partition coefficient (Wildman–Crippen LogP) is 2.13. The zero-order chi connectivity index (χ0) is 9.10. The third kappa shape index (κ3) is 1.92. The number of rotatable bonds is 1. The van der Waals surface area contributed by atoms with Crippen molar-refractivity contribution in [3.05, 3.63) is 12.2 Å². The van der Waals surface area contributed by atoms with Crippen LogP contribution in [-0.2, 0) is 4.74 Å². The summed E-state index contributed by atoms with van der Waals surface area (Å²) in [7, 11) is 0. The molecule has 13 heavy (non-hydrogen) atoms. The van der Waals surface area contributed by atoms with Gasteiger partial charge in [0, 0.05) is 6.61 Å². The molecule has 0 saturated carbocycles. The monoisotopic (exact) mass is 177 g/mol. The maximum atomic E-state index is 8.84. The number of hydrogen-bond acceptors (Lipinski definition) is 2. The van der Waals surface area contributed by atoms with E-state index in [1.54, 1.807) is 0 Å². The molecular weight excluding hydrogens is 162 g/mol. The Labute approximate surface area is 79.2 Å². The van der Waals surface area contributed by atoms with Gasteiger partial charge in [0.1, 0.15) is 0 Å². The first kappa shape index (κ1) is 8.77. The van der Waals surface area contributed by atoms with Crippen LogP contribution in [0.15, 0.2) is 12.2 Å². The van der Waals surface area contributed by atoms with Gasteiger partial charge in [0.25, 0.3) is 0 Å². The van der Waals surface area contributed by atoms with Crippen LogP contribution in [0, 0.1) is 29.1 Å².